The van der Waals surface area contributed by atoms with Crippen LogP contribution in [0.5, 0.6) is 11.5 Å². The zero-order valence-electron chi connectivity index (χ0n) is 49.2. The molecule has 1 heterocycles. The number of hydrogen-bond acceptors (Lipinski definition) is 5. The van der Waals surface area contributed by atoms with E-state index in [1.807, 2.05) is 0 Å². The Balaban J connectivity index is 1.18. The van der Waals surface area contributed by atoms with E-state index in [0.29, 0.717) is 0 Å². The van der Waals surface area contributed by atoms with E-state index in [4.69, 9.17) is 18.2 Å². The summed E-state index contributed by atoms with van der Waals surface area (Å²) < 4.78 is 23.4. The highest BCUT2D eigenvalue weighted by atomic mass is 32.1. The van der Waals surface area contributed by atoms with E-state index in [-0.39, 0.29) is 10.8 Å². The van der Waals surface area contributed by atoms with Gasteiger partial charge in [-0.05, 0) is 131 Å². The standard InChI is InChI=1S/C72H100N2O2S/c1-7-13-19-23-27-31-45-71(46-32-28-24-20-14-8-2)65-51-55(35-39-61(65)63-41-37-57(53-67(63)71)75-49-17-11-5)59-43-44-60(70-69(59)73-77-74-70)56-36-40-62-64-42-38-58(76-50-18-12-6)54-68(64)72(66(62)52-56,47-33-29-25-21-15-9-3)48-34-30-26-22-16-10-4/h35-44,51-54H,7-34,45-50H2,1-6H3. The van der Waals surface area contributed by atoms with Crippen molar-refractivity contribution < 1.29 is 9.47 Å². The van der Waals surface area contributed by atoms with Crippen LogP contribution in [0.25, 0.3) is 55.5 Å². The number of benzene rings is 5. The molecule has 0 aliphatic heterocycles. The maximum absolute atomic E-state index is 6.50. The molecule has 6 aromatic rings. The van der Waals surface area contributed by atoms with Gasteiger partial charge in [-0.15, -0.1) is 0 Å². The van der Waals surface area contributed by atoms with Crippen LogP contribution >= 0.6 is 11.7 Å². The van der Waals surface area contributed by atoms with E-state index in [1.54, 1.807) is 0 Å². The summed E-state index contributed by atoms with van der Waals surface area (Å²) in [6, 6.07) is 33.8. The van der Waals surface area contributed by atoms with Crippen LogP contribution in [-0.2, 0) is 10.8 Å². The summed E-state index contributed by atoms with van der Waals surface area (Å²) in [6.45, 7) is 15.4. The van der Waals surface area contributed by atoms with Gasteiger partial charge in [0.2, 0.25) is 0 Å². The highest BCUT2D eigenvalue weighted by molar-refractivity contribution is 7.00. The van der Waals surface area contributed by atoms with Crippen LogP contribution in [0.2, 0.25) is 0 Å². The molecule has 0 unspecified atom stereocenters. The molecule has 0 fully saturated rings. The maximum atomic E-state index is 6.50. The van der Waals surface area contributed by atoms with Gasteiger partial charge in [-0.25, -0.2) is 0 Å². The van der Waals surface area contributed by atoms with Crippen LogP contribution in [-0.4, -0.2) is 22.0 Å². The molecule has 0 bridgehead atoms. The van der Waals surface area contributed by atoms with E-state index in [9.17, 15) is 0 Å². The SMILES string of the molecule is CCCCCCCCC1(CCCCCCCC)c2cc(OCCCC)ccc2-c2ccc(-c3ccc(-c4ccc5c(c4)C(CCCCCCCC)(CCCCCCCC)c4cc(OCCCC)ccc4-5)c4nsnc34)cc21. The van der Waals surface area contributed by atoms with Gasteiger partial charge in [-0.3, -0.25) is 0 Å². The minimum atomic E-state index is -0.0540. The lowest BCUT2D eigenvalue weighted by Gasteiger charge is -2.33. The van der Waals surface area contributed by atoms with Gasteiger partial charge < -0.3 is 9.47 Å². The monoisotopic (exact) mass is 1060 g/mol. The minimum absolute atomic E-state index is 0.0540. The van der Waals surface area contributed by atoms with Crippen molar-refractivity contribution in [3.05, 3.63) is 107 Å². The fraction of sp³-hybridized carbons (Fsp3) is 0.583. The first-order chi connectivity index (χ1) is 38.0. The zero-order chi connectivity index (χ0) is 53.7. The first kappa shape index (κ1) is 58.7. The number of hydrogen-bond donors (Lipinski definition) is 0. The van der Waals surface area contributed by atoms with Gasteiger partial charge in [-0.1, -0.05) is 257 Å². The Hall–Kier alpha value is -4.48. The first-order valence-corrected chi connectivity index (χ1v) is 32.8. The average molecular weight is 1060 g/mol. The summed E-state index contributed by atoms with van der Waals surface area (Å²) >= 11 is 1.37. The Morgan fingerprint density at radius 2 is 0.597 bits per heavy atom. The summed E-state index contributed by atoms with van der Waals surface area (Å²) in [5.41, 5.74) is 18.5. The number of aromatic nitrogens is 2. The second-order valence-electron chi connectivity index (χ2n) is 23.7. The summed E-state index contributed by atoms with van der Waals surface area (Å²) in [6.07, 6.45) is 40.5. The van der Waals surface area contributed by atoms with Crippen LogP contribution in [0.3, 0.4) is 0 Å². The molecule has 0 saturated carbocycles. The summed E-state index contributed by atoms with van der Waals surface area (Å²) in [5, 5.41) is 0. The lowest BCUT2D eigenvalue weighted by Crippen LogP contribution is -2.25. The summed E-state index contributed by atoms with van der Waals surface area (Å²) in [5.74, 6) is 2.06. The van der Waals surface area contributed by atoms with Crippen molar-refractivity contribution in [2.45, 2.75) is 258 Å². The molecule has 4 nitrogen and oxygen atoms in total. The van der Waals surface area contributed by atoms with Crippen LogP contribution in [0.4, 0.5) is 0 Å². The molecule has 416 valence electrons. The van der Waals surface area contributed by atoms with Crippen LogP contribution in [0.1, 0.15) is 269 Å². The van der Waals surface area contributed by atoms with E-state index in [2.05, 4.69) is 126 Å². The second-order valence-corrected chi connectivity index (χ2v) is 24.2. The van der Waals surface area contributed by atoms with Gasteiger partial charge in [0.05, 0.1) is 24.9 Å². The molecule has 5 aromatic carbocycles. The average Bonchev–Trinajstić information content (AvgIpc) is 4.34. The first-order valence-electron chi connectivity index (χ1n) is 32.1. The molecular formula is C72H100N2O2S. The van der Waals surface area contributed by atoms with Crippen molar-refractivity contribution in [2.75, 3.05) is 13.2 Å². The molecule has 0 amide bonds. The van der Waals surface area contributed by atoms with Gasteiger partial charge in [0, 0.05) is 22.0 Å². The van der Waals surface area contributed by atoms with Gasteiger partial charge >= 0.3 is 0 Å². The Bertz CT molecular complexity index is 2520. The molecule has 0 N–H and O–H groups in total. The minimum Gasteiger partial charge on any atom is -0.494 e. The summed E-state index contributed by atoms with van der Waals surface area (Å²) in [7, 11) is 0. The van der Waals surface area contributed by atoms with E-state index in [0.717, 1.165) is 61.4 Å². The Labute approximate surface area is 472 Å². The quantitative estimate of drug-likeness (QED) is 0.0363. The topological polar surface area (TPSA) is 44.2 Å². The third kappa shape index (κ3) is 14.1. The van der Waals surface area contributed by atoms with Crippen LogP contribution < -0.4 is 9.47 Å². The van der Waals surface area contributed by atoms with Crippen LogP contribution in [0, 0.1) is 0 Å². The maximum Gasteiger partial charge on any atom is 0.119 e. The van der Waals surface area contributed by atoms with Crippen molar-refractivity contribution in [3.63, 3.8) is 0 Å². The summed E-state index contributed by atoms with van der Waals surface area (Å²) in [4.78, 5) is 0. The molecule has 0 spiro atoms. The van der Waals surface area contributed by atoms with E-state index in [1.165, 1.54) is 258 Å². The van der Waals surface area contributed by atoms with Gasteiger partial charge in [0.1, 0.15) is 22.5 Å². The predicted molar refractivity (Wildman–Crippen MR) is 333 cm³/mol. The van der Waals surface area contributed by atoms with Crippen molar-refractivity contribution in [1.82, 2.24) is 8.75 Å². The van der Waals surface area contributed by atoms with Gasteiger partial charge in [-0.2, -0.15) is 8.75 Å². The lowest BCUT2D eigenvalue weighted by molar-refractivity contribution is 0.307. The highest BCUT2D eigenvalue weighted by Gasteiger charge is 2.44. The fourth-order valence-corrected chi connectivity index (χ4v) is 14.2. The third-order valence-corrected chi connectivity index (χ3v) is 18.6. The van der Waals surface area contributed by atoms with Crippen molar-refractivity contribution in [1.29, 1.82) is 0 Å². The molecule has 8 rings (SSSR count). The van der Waals surface area contributed by atoms with Crippen molar-refractivity contribution in [2.24, 2.45) is 0 Å². The molecule has 0 atom stereocenters. The number of rotatable bonds is 38. The zero-order valence-corrected chi connectivity index (χ0v) is 50.1. The van der Waals surface area contributed by atoms with E-state index >= 15 is 0 Å². The molecule has 0 saturated heterocycles. The van der Waals surface area contributed by atoms with Crippen LogP contribution in [0.15, 0.2) is 84.9 Å². The molecule has 1 aromatic heterocycles. The van der Waals surface area contributed by atoms with Crippen molar-refractivity contribution in [3.8, 4) is 56.0 Å². The number of unbranched alkanes of at least 4 members (excludes halogenated alkanes) is 22. The Morgan fingerprint density at radius 1 is 0.312 bits per heavy atom. The number of ether oxygens (including phenoxy) is 2. The fourth-order valence-electron chi connectivity index (χ4n) is 13.6. The molecule has 5 heteroatoms. The molecule has 0 radical (unpaired) electrons. The van der Waals surface area contributed by atoms with Gasteiger partial charge in [0.15, 0.2) is 0 Å². The number of fused-ring (bicyclic) bond motifs is 7. The Morgan fingerprint density at radius 3 is 0.935 bits per heavy atom. The molecule has 77 heavy (non-hydrogen) atoms. The number of nitrogens with zero attached hydrogens (tertiary/aromatic N) is 2. The highest BCUT2D eigenvalue weighted by Crippen LogP contribution is 2.58. The predicted octanol–water partition coefficient (Wildman–Crippen LogP) is 22.9. The molecule has 2 aliphatic rings. The third-order valence-electron chi connectivity index (χ3n) is 18.1. The normalized spacial score (nSPS) is 13.7. The lowest BCUT2D eigenvalue weighted by atomic mass is 9.70. The smallest absolute Gasteiger partial charge is 0.119 e. The second kappa shape index (κ2) is 30.2. The van der Waals surface area contributed by atoms with Crippen molar-refractivity contribution >= 4 is 22.8 Å². The Kier molecular flexibility index (Phi) is 23.0. The van der Waals surface area contributed by atoms with Gasteiger partial charge in [0.25, 0.3) is 0 Å². The van der Waals surface area contributed by atoms with E-state index < -0.39 is 0 Å². The molecular weight excluding hydrogens is 957 g/mol. The molecule has 2 aliphatic carbocycles. The largest absolute Gasteiger partial charge is 0.494 e.